The van der Waals surface area contributed by atoms with Gasteiger partial charge in [-0.15, -0.1) is 0 Å². The van der Waals surface area contributed by atoms with Crippen LogP contribution in [-0.4, -0.2) is 55.2 Å². The lowest BCUT2D eigenvalue weighted by Crippen LogP contribution is -2.52. The van der Waals surface area contributed by atoms with Gasteiger partial charge in [0, 0.05) is 42.6 Å². The van der Waals surface area contributed by atoms with Crippen LogP contribution in [0.1, 0.15) is 6.92 Å². The van der Waals surface area contributed by atoms with E-state index in [0.717, 1.165) is 10.6 Å². The largest absolute Gasteiger partial charge is 0.479 e. The molecule has 0 aromatic heterocycles. The van der Waals surface area contributed by atoms with Crippen molar-refractivity contribution >= 4 is 46.4 Å². The summed E-state index contributed by atoms with van der Waals surface area (Å²) in [5, 5.41) is 3.47. The molecule has 1 aliphatic heterocycles. The fourth-order valence-corrected chi connectivity index (χ4v) is 3.61. The number of hydrogen-bond acceptors (Lipinski definition) is 4. The number of piperazine rings is 1. The van der Waals surface area contributed by atoms with E-state index in [0.29, 0.717) is 21.5 Å². The fraction of sp³-hybridized carbons (Fsp3) is 0.333. The smallest absolute Gasteiger partial charge is 0.471 e. The maximum atomic E-state index is 12.6. The van der Waals surface area contributed by atoms with Crippen molar-refractivity contribution in [2.24, 2.45) is 0 Å². The Morgan fingerprint density at radius 2 is 1.66 bits per heavy atom. The number of amides is 2. The number of benzene rings is 2. The highest BCUT2D eigenvalue weighted by atomic mass is 35.5. The summed E-state index contributed by atoms with van der Waals surface area (Å²) in [6, 6.07) is 11.6. The Labute approximate surface area is 192 Å². The van der Waals surface area contributed by atoms with Crippen LogP contribution in [0.4, 0.5) is 24.5 Å². The highest BCUT2D eigenvalue weighted by Crippen LogP contribution is 2.28. The van der Waals surface area contributed by atoms with Crippen molar-refractivity contribution in [1.82, 2.24) is 4.90 Å². The number of rotatable bonds is 5. The molecule has 3 rings (SSSR count). The summed E-state index contributed by atoms with van der Waals surface area (Å²) in [7, 11) is 0. The van der Waals surface area contributed by atoms with Crippen LogP contribution in [0.2, 0.25) is 10.0 Å². The predicted octanol–water partition coefficient (Wildman–Crippen LogP) is 4.61. The first kappa shape index (κ1) is 24.0. The van der Waals surface area contributed by atoms with Crippen molar-refractivity contribution in [2.45, 2.75) is 19.2 Å². The molecule has 1 fully saturated rings. The van der Waals surface area contributed by atoms with Crippen molar-refractivity contribution in [2.75, 3.05) is 36.4 Å². The van der Waals surface area contributed by atoms with E-state index in [-0.39, 0.29) is 32.1 Å². The molecule has 2 amide bonds. The monoisotopic (exact) mass is 489 g/mol. The third-order valence-corrected chi connectivity index (χ3v) is 5.41. The Morgan fingerprint density at radius 1 is 1.03 bits per heavy atom. The minimum absolute atomic E-state index is 0.0149. The first-order chi connectivity index (χ1) is 15.0. The molecule has 172 valence electrons. The van der Waals surface area contributed by atoms with Gasteiger partial charge in [0.15, 0.2) is 6.10 Å². The van der Waals surface area contributed by atoms with Crippen LogP contribution in [0.5, 0.6) is 5.75 Å². The number of alkyl halides is 3. The molecular formula is C21H20Cl2F3N3O3. The summed E-state index contributed by atoms with van der Waals surface area (Å²) in [5.74, 6) is -1.87. The van der Waals surface area contributed by atoms with E-state index in [4.69, 9.17) is 27.9 Å². The SMILES string of the molecule is CC(Oc1ccc(Cl)cc1Cl)C(=O)Nc1ccc(N2CCN(C(=O)C(F)(F)F)CC2)cc1. The number of nitrogens with one attached hydrogen (secondary N) is 1. The zero-order chi connectivity index (χ0) is 23.5. The molecule has 0 radical (unpaired) electrons. The van der Waals surface area contributed by atoms with Crippen LogP contribution in [0.15, 0.2) is 42.5 Å². The van der Waals surface area contributed by atoms with E-state index < -0.39 is 18.2 Å². The van der Waals surface area contributed by atoms with Crippen molar-refractivity contribution < 1.29 is 27.5 Å². The molecular weight excluding hydrogens is 470 g/mol. The molecule has 1 aliphatic rings. The van der Waals surface area contributed by atoms with Gasteiger partial charge in [0.2, 0.25) is 0 Å². The Morgan fingerprint density at radius 3 is 2.22 bits per heavy atom. The maximum Gasteiger partial charge on any atom is 0.471 e. The van der Waals surface area contributed by atoms with Gasteiger partial charge in [-0.3, -0.25) is 9.59 Å². The van der Waals surface area contributed by atoms with Gasteiger partial charge in [0.1, 0.15) is 5.75 Å². The Balaban J connectivity index is 1.53. The lowest BCUT2D eigenvalue weighted by atomic mass is 10.2. The Bertz CT molecular complexity index is 978. The van der Waals surface area contributed by atoms with Gasteiger partial charge < -0.3 is 19.9 Å². The molecule has 6 nitrogen and oxygen atoms in total. The molecule has 0 spiro atoms. The standard InChI is InChI=1S/C21H20Cl2F3N3O3/c1-13(32-18-7-2-14(22)12-17(18)23)19(30)27-15-3-5-16(6-4-15)28-8-10-29(11-9-28)20(31)21(24,25)26/h2-7,12-13H,8-11H2,1H3,(H,27,30). The number of anilines is 2. The third-order valence-electron chi connectivity index (χ3n) is 4.88. The lowest BCUT2D eigenvalue weighted by Gasteiger charge is -2.36. The molecule has 0 aliphatic carbocycles. The molecule has 32 heavy (non-hydrogen) atoms. The van der Waals surface area contributed by atoms with Crippen molar-refractivity contribution in [1.29, 1.82) is 0 Å². The molecule has 0 saturated carbocycles. The second-order valence-electron chi connectivity index (χ2n) is 7.15. The zero-order valence-corrected chi connectivity index (χ0v) is 18.5. The topological polar surface area (TPSA) is 61.9 Å². The van der Waals surface area contributed by atoms with Crippen LogP contribution < -0.4 is 15.0 Å². The van der Waals surface area contributed by atoms with Crippen molar-refractivity contribution in [3.05, 3.63) is 52.5 Å². The number of carbonyl (C=O) groups is 2. The molecule has 2 aromatic rings. The molecule has 1 atom stereocenters. The maximum absolute atomic E-state index is 12.6. The van der Waals surface area contributed by atoms with Gasteiger partial charge in [-0.25, -0.2) is 0 Å². The van der Waals surface area contributed by atoms with E-state index >= 15 is 0 Å². The molecule has 1 unspecified atom stereocenters. The molecule has 1 saturated heterocycles. The minimum Gasteiger partial charge on any atom is -0.479 e. The van der Waals surface area contributed by atoms with Crippen LogP contribution >= 0.6 is 23.2 Å². The van der Waals surface area contributed by atoms with Crippen LogP contribution in [-0.2, 0) is 9.59 Å². The Hall–Kier alpha value is -2.65. The second-order valence-corrected chi connectivity index (χ2v) is 7.99. The van der Waals surface area contributed by atoms with Gasteiger partial charge >= 0.3 is 12.1 Å². The Kier molecular flexibility index (Phi) is 7.40. The summed E-state index contributed by atoms with van der Waals surface area (Å²) in [6.07, 6.45) is -5.69. The van der Waals surface area contributed by atoms with Crippen LogP contribution in [0.3, 0.4) is 0 Å². The van der Waals surface area contributed by atoms with Crippen LogP contribution in [0.25, 0.3) is 0 Å². The van der Waals surface area contributed by atoms with Crippen molar-refractivity contribution in [3.63, 3.8) is 0 Å². The number of hydrogen-bond donors (Lipinski definition) is 1. The number of nitrogens with zero attached hydrogens (tertiary/aromatic N) is 2. The van der Waals surface area contributed by atoms with Gasteiger partial charge in [-0.05, 0) is 49.4 Å². The first-order valence-corrected chi connectivity index (χ1v) is 10.4. The van der Waals surface area contributed by atoms with Crippen LogP contribution in [0, 0.1) is 0 Å². The molecule has 0 bridgehead atoms. The highest BCUT2D eigenvalue weighted by molar-refractivity contribution is 6.35. The first-order valence-electron chi connectivity index (χ1n) is 9.68. The summed E-state index contributed by atoms with van der Waals surface area (Å²) in [5.41, 5.74) is 1.31. The third kappa shape index (κ3) is 5.98. The number of halogens is 5. The summed E-state index contributed by atoms with van der Waals surface area (Å²) in [6.45, 7) is 2.11. The minimum atomic E-state index is -4.86. The average Bonchev–Trinajstić information content (AvgIpc) is 2.75. The average molecular weight is 490 g/mol. The lowest BCUT2D eigenvalue weighted by molar-refractivity contribution is -0.185. The number of ether oxygens (including phenoxy) is 1. The quantitative estimate of drug-likeness (QED) is 0.665. The van der Waals surface area contributed by atoms with Crippen molar-refractivity contribution in [3.8, 4) is 5.75 Å². The van der Waals surface area contributed by atoms with Gasteiger partial charge in [0.25, 0.3) is 5.91 Å². The zero-order valence-electron chi connectivity index (χ0n) is 17.0. The summed E-state index contributed by atoms with van der Waals surface area (Å²) in [4.78, 5) is 26.4. The van der Waals surface area contributed by atoms with E-state index in [1.54, 1.807) is 43.3 Å². The molecule has 2 aromatic carbocycles. The molecule has 11 heteroatoms. The second kappa shape index (κ2) is 9.87. The fourth-order valence-electron chi connectivity index (χ4n) is 3.16. The molecule has 1 N–H and O–H groups in total. The molecule has 1 heterocycles. The predicted molar refractivity (Wildman–Crippen MR) is 116 cm³/mol. The summed E-state index contributed by atoms with van der Waals surface area (Å²) < 4.78 is 43.3. The van der Waals surface area contributed by atoms with E-state index in [9.17, 15) is 22.8 Å². The van der Waals surface area contributed by atoms with Gasteiger partial charge in [0.05, 0.1) is 5.02 Å². The van der Waals surface area contributed by atoms with E-state index in [1.807, 2.05) is 4.90 Å². The summed E-state index contributed by atoms with van der Waals surface area (Å²) >= 11 is 11.9. The normalized spacial score (nSPS) is 15.3. The van der Waals surface area contributed by atoms with E-state index in [1.165, 1.54) is 6.07 Å². The van der Waals surface area contributed by atoms with Gasteiger partial charge in [-0.2, -0.15) is 13.2 Å². The highest BCUT2D eigenvalue weighted by Gasteiger charge is 2.43. The van der Waals surface area contributed by atoms with E-state index in [2.05, 4.69) is 5.32 Å². The number of carbonyl (C=O) groups excluding carboxylic acids is 2. The van der Waals surface area contributed by atoms with Gasteiger partial charge in [-0.1, -0.05) is 23.2 Å².